The Kier molecular flexibility index (Phi) is 4.02. The molecule has 25 heavy (non-hydrogen) atoms. The number of thiazole rings is 1. The van der Waals surface area contributed by atoms with E-state index in [1.165, 1.54) is 11.3 Å². The summed E-state index contributed by atoms with van der Waals surface area (Å²) in [6, 6.07) is 10.6. The van der Waals surface area contributed by atoms with Gasteiger partial charge in [0.1, 0.15) is 19.0 Å². The molecule has 2 N–H and O–H groups in total. The molecule has 0 spiro atoms. The number of carbonyl (C=O) groups excluding carboxylic acids is 1. The number of rotatable bonds is 4. The van der Waals surface area contributed by atoms with Crippen LogP contribution in [0.2, 0.25) is 0 Å². The molecule has 2 aromatic carbocycles. The lowest BCUT2D eigenvalue weighted by Crippen LogP contribution is -2.29. The Balaban J connectivity index is 1.47. The number of hydrogen-bond acceptors (Lipinski definition) is 7. The number of fused-ring (bicyclic) bond motifs is 2. The minimum Gasteiger partial charge on any atom is -0.497 e. The zero-order chi connectivity index (χ0) is 17.2. The summed E-state index contributed by atoms with van der Waals surface area (Å²) in [5.74, 6) is 1.85. The van der Waals surface area contributed by atoms with Gasteiger partial charge >= 0.3 is 0 Å². The van der Waals surface area contributed by atoms with E-state index in [-0.39, 0.29) is 5.91 Å². The molecular formula is C17H15N3O4S. The molecule has 8 heteroatoms. The number of nitrogens with zero attached hydrogens (tertiary/aromatic N) is 1. The Morgan fingerprint density at radius 3 is 2.60 bits per heavy atom. The van der Waals surface area contributed by atoms with Crippen LogP contribution in [0.25, 0.3) is 10.2 Å². The van der Waals surface area contributed by atoms with Crippen molar-refractivity contribution in [3.05, 3.63) is 42.0 Å². The molecule has 0 saturated heterocycles. The summed E-state index contributed by atoms with van der Waals surface area (Å²) in [4.78, 5) is 16.6. The van der Waals surface area contributed by atoms with Gasteiger partial charge in [-0.1, -0.05) is 11.3 Å². The summed E-state index contributed by atoms with van der Waals surface area (Å²) in [5.41, 5.74) is 6.79. The minimum atomic E-state index is -0.257. The van der Waals surface area contributed by atoms with Crippen LogP contribution < -0.4 is 25.1 Å². The Morgan fingerprint density at radius 2 is 1.88 bits per heavy atom. The number of anilines is 1. The van der Waals surface area contributed by atoms with Crippen LogP contribution in [0.5, 0.6) is 17.2 Å². The number of amides is 1. The molecule has 0 radical (unpaired) electrons. The molecule has 7 nitrogen and oxygen atoms in total. The number of hydrogen-bond donors (Lipinski definition) is 2. The molecule has 1 aliphatic heterocycles. The van der Waals surface area contributed by atoms with Gasteiger partial charge in [-0.15, -0.1) is 0 Å². The number of ether oxygens (including phenoxy) is 3. The SMILES string of the molecule is COc1ccc(C(=O)NNc2nc3cc4c(cc3s2)OCCO4)cc1. The van der Waals surface area contributed by atoms with E-state index in [1.54, 1.807) is 31.4 Å². The van der Waals surface area contributed by atoms with Crippen molar-refractivity contribution >= 4 is 32.6 Å². The third-order valence-electron chi connectivity index (χ3n) is 3.69. The van der Waals surface area contributed by atoms with Crippen LogP contribution in [0.4, 0.5) is 5.13 Å². The summed E-state index contributed by atoms with van der Waals surface area (Å²) in [5, 5.41) is 0.583. The van der Waals surface area contributed by atoms with Crippen LogP contribution in [0.15, 0.2) is 36.4 Å². The molecule has 3 aromatic rings. The van der Waals surface area contributed by atoms with Crippen molar-refractivity contribution in [3.63, 3.8) is 0 Å². The molecule has 2 heterocycles. The maximum absolute atomic E-state index is 12.2. The third-order valence-corrected chi connectivity index (χ3v) is 4.62. The highest BCUT2D eigenvalue weighted by atomic mass is 32.1. The fraction of sp³-hybridized carbons (Fsp3) is 0.176. The quantitative estimate of drug-likeness (QED) is 0.699. The predicted molar refractivity (Wildman–Crippen MR) is 94.7 cm³/mol. The van der Waals surface area contributed by atoms with Crippen LogP contribution in [0.1, 0.15) is 10.4 Å². The number of carbonyl (C=O) groups is 1. The molecule has 4 rings (SSSR count). The van der Waals surface area contributed by atoms with Gasteiger partial charge in [0.05, 0.1) is 17.3 Å². The van der Waals surface area contributed by atoms with Crippen molar-refractivity contribution in [2.45, 2.75) is 0 Å². The lowest BCUT2D eigenvalue weighted by molar-refractivity contribution is 0.0962. The van der Waals surface area contributed by atoms with Gasteiger partial charge in [-0.3, -0.25) is 15.6 Å². The third kappa shape index (κ3) is 3.16. The topological polar surface area (TPSA) is 81.7 Å². The van der Waals surface area contributed by atoms with Gasteiger partial charge in [-0.25, -0.2) is 4.98 Å². The average Bonchev–Trinajstić information content (AvgIpc) is 3.06. The second kappa shape index (κ2) is 6.48. The molecule has 1 aromatic heterocycles. The van der Waals surface area contributed by atoms with Crippen molar-refractivity contribution in [2.24, 2.45) is 0 Å². The van der Waals surface area contributed by atoms with Crippen LogP contribution in [0, 0.1) is 0 Å². The normalized spacial score (nSPS) is 12.7. The van der Waals surface area contributed by atoms with E-state index >= 15 is 0 Å². The zero-order valence-electron chi connectivity index (χ0n) is 13.4. The lowest BCUT2D eigenvalue weighted by atomic mass is 10.2. The van der Waals surface area contributed by atoms with Crippen LogP contribution in [-0.2, 0) is 0 Å². The van der Waals surface area contributed by atoms with Crippen molar-refractivity contribution in [1.29, 1.82) is 0 Å². The van der Waals surface area contributed by atoms with Gasteiger partial charge in [0.2, 0.25) is 5.13 Å². The summed E-state index contributed by atoms with van der Waals surface area (Å²) in [6.45, 7) is 1.08. The van der Waals surface area contributed by atoms with Crippen molar-refractivity contribution in [1.82, 2.24) is 10.4 Å². The molecular weight excluding hydrogens is 342 g/mol. The summed E-state index contributed by atoms with van der Waals surface area (Å²) < 4.78 is 17.2. The Morgan fingerprint density at radius 1 is 1.16 bits per heavy atom. The van der Waals surface area contributed by atoms with Crippen molar-refractivity contribution in [3.8, 4) is 17.2 Å². The first kappa shape index (κ1) is 15.5. The molecule has 0 unspecified atom stereocenters. The van der Waals surface area contributed by atoms with Crippen molar-refractivity contribution in [2.75, 3.05) is 25.7 Å². The predicted octanol–water partition coefficient (Wildman–Crippen LogP) is 2.83. The van der Waals surface area contributed by atoms with E-state index in [2.05, 4.69) is 15.8 Å². The van der Waals surface area contributed by atoms with Gasteiger partial charge in [-0.2, -0.15) is 0 Å². The monoisotopic (exact) mass is 357 g/mol. The van der Waals surface area contributed by atoms with Crippen molar-refractivity contribution < 1.29 is 19.0 Å². The first-order valence-corrected chi connectivity index (χ1v) is 8.45. The molecule has 1 aliphatic rings. The zero-order valence-corrected chi connectivity index (χ0v) is 14.2. The fourth-order valence-electron chi connectivity index (χ4n) is 2.44. The highest BCUT2D eigenvalue weighted by Gasteiger charge is 2.15. The Labute approximate surface area is 147 Å². The summed E-state index contributed by atoms with van der Waals surface area (Å²) in [6.07, 6.45) is 0. The first-order chi connectivity index (χ1) is 12.2. The molecule has 0 fully saturated rings. The van der Waals surface area contributed by atoms with Gasteiger partial charge in [0, 0.05) is 17.7 Å². The molecule has 0 atom stereocenters. The molecule has 0 aliphatic carbocycles. The maximum Gasteiger partial charge on any atom is 0.269 e. The first-order valence-electron chi connectivity index (χ1n) is 7.63. The van der Waals surface area contributed by atoms with Crippen LogP contribution in [0.3, 0.4) is 0 Å². The van der Waals surface area contributed by atoms with E-state index in [9.17, 15) is 4.79 Å². The minimum absolute atomic E-state index is 0.257. The van der Waals surface area contributed by atoms with Gasteiger partial charge in [0.25, 0.3) is 5.91 Å². The van der Waals surface area contributed by atoms with E-state index in [4.69, 9.17) is 14.2 Å². The second-order valence-electron chi connectivity index (χ2n) is 5.29. The molecule has 1 amide bonds. The number of benzene rings is 2. The van der Waals surface area contributed by atoms with E-state index in [0.717, 1.165) is 16.0 Å². The van der Waals surface area contributed by atoms with Gasteiger partial charge in [-0.05, 0) is 24.3 Å². The van der Waals surface area contributed by atoms with Crippen LogP contribution in [-0.4, -0.2) is 31.2 Å². The van der Waals surface area contributed by atoms with E-state index < -0.39 is 0 Å². The Bertz CT molecular complexity index is 881. The van der Waals surface area contributed by atoms with E-state index in [0.29, 0.717) is 35.4 Å². The number of hydrazine groups is 1. The largest absolute Gasteiger partial charge is 0.497 e. The fourth-order valence-corrected chi connectivity index (χ4v) is 3.27. The highest BCUT2D eigenvalue weighted by molar-refractivity contribution is 7.22. The standard InChI is InChI=1S/C17H15N3O4S/c1-22-11-4-2-10(3-5-11)16(21)19-20-17-18-12-8-13-14(9-15(12)25-17)24-7-6-23-13/h2-5,8-9H,6-7H2,1H3,(H,18,20)(H,19,21). The summed E-state index contributed by atoms with van der Waals surface area (Å²) in [7, 11) is 1.58. The highest BCUT2D eigenvalue weighted by Crippen LogP contribution is 2.37. The molecule has 0 saturated carbocycles. The molecule has 128 valence electrons. The average molecular weight is 357 g/mol. The summed E-state index contributed by atoms with van der Waals surface area (Å²) >= 11 is 1.42. The lowest BCUT2D eigenvalue weighted by Gasteiger charge is -2.17. The van der Waals surface area contributed by atoms with E-state index in [1.807, 2.05) is 12.1 Å². The maximum atomic E-state index is 12.2. The van der Waals surface area contributed by atoms with Crippen LogP contribution >= 0.6 is 11.3 Å². The Hall–Kier alpha value is -3.00. The smallest absolute Gasteiger partial charge is 0.269 e. The molecule has 0 bridgehead atoms. The number of methoxy groups -OCH3 is 1. The van der Waals surface area contributed by atoms with Gasteiger partial charge < -0.3 is 14.2 Å². The number of aromatic nitrogens is 1. The number of nitrogens with one attached hydrogen (secondary N) is 2. The second-order valence-corrected chi connectivity index (χ2v) is 6.32. The van der Waals surface area contributed by atoms with Gasteiger partial charge in [0.15, 0.2) is 11.5 Å².